The first-order valence-corrected chi connectivity index (χ1v) is 6.72. The highest BCUT2D eigenvalue weighted by atomic mass is 79.9. The summed E-state index contributed by atoms with van der Waals surface area (Å²) in [7, 11) is 0. The molecule has 1 unspecified atom stereocenters. The lowest BCUT2D eigenvalue weighted by Crippen LogP contribution is -2.18. The summed E-state index contributed by atoms with van der Waals surface area (Å²) in [5.74, 6) is 0.769. The van der Waals surface area contributed by atoms with Crippen molar-refractivity contribution < 1.29 is 9.84 Å². The summed E-state index contributed by atoms with van der Waals surface area (Å²) >= 11 is 3.41. The van der Waals surface area contributed by atoms with Gasteiger partial charge in [0.1, 0.15) is 11.9 Å². The van der Waals surface area contributed by atoms with Crippen molar-refractivity contribution in [2.45, 2.75) is 18.6 Å². The van der Waals surface area contributed by atoms with E-state index < -0.39 is 6.10 Å². The van der Waals surface area contributed by atoms with Gasteiger partial charge in [-0.2, -0.15) is 0 Å². The number of aliphatic hydroxyl groups is 1. The normalized spacial score (nSPS) is 22.1. The van der Waals surface area contributed by atoms with E-state index in [4.69, 9.17) is 4.74 Å². The van der Waals surface area contributed by atoms with Gasteiger partial charge in [-0.05, 0) is 23.8 Å². The second-order valence-corrected chi connectivity index (χ2v) is 5.37. The van der Waals surface area contributed by atoms with Gasteiger partial charge < -0.3 is 9.84 Å². The molecule has 0 fully saturated rings. The monoisotopic (exact) mass is 304 g/mol. The maximum absolute atomic E-state index is 10.2. The standard InChI is InChI=1S/C15H13BrO2/c16-11-6-7-14-12(8-11)13(17)9-15(18-14)10-4-2-1-3-5-10/h1-8,13,15,17H,9H2/t13-,15?/m1/s1. The van der Waals surface area contributed by atoms with Gasteiger partial charge >= 0.3 is 0 Å². The molecule has 0 saturated heterocycles. The minimum absolute atomic E-state index is 0.0742. The molecule has 0 saturated carbocycles. The van der Waals surface area contributed by atoms with Gasteiger partial charge in [0.05, 0.1) is 6.10 Å². The van der Waals surface area contributed by atoms with E-state index in [0.717, 1.165) is 21.3 Å². The summed E-state index contributed by atoms with van der Waals surface area (Å²) in [5, 5.41) is 10.2. The Morgan fingerprint density at radius 1 is 1.11 bits per heavy atom. The predicted octanol–water partition coefficient (Wildman–Crippen LogP) is 4.01. The summed E-state index contributed by atoms with van der Waals surface area (Å²) in [6, 6.07) is 15.8. The molecule has 2 aromatic carbocycles. The van der Waals surface area contributed by atoms with E-state index >= 15 is 0 Å². The number of fused-ring (bicyclic) bond motifs is 1. The topological polar surface area (TPSA) is 29.5 Å². The highest BCUT2D eigenvalue weighted by molar-refractivity contribution is 9.10. The Hall–Kier alpha value is -1.32. The lowest BCUT2D eigenvalue weighted by Gasteiger charge is -2.30. The van der Waals surface area contributed by atoms with Crippen LogP contribution >= 0.6 is 15.9 Å². The first kappa shape index (κ1) is 11.8. The number of rotatable bonds is 1. The van der Waals surface area contributed by atoms with Gasteiger partial charge in [0.25, 0.3) is 0 Å². The number of ether oxygens (including phenoxy) is 1. The zero-order chi connectivity index (χ0) is 12.5. The Kier molecular flexibility index (Phi) is 3.10. The molecule has 3 rings (SSSR count). The van der Waals surface area contributed by atoms with Crippen molar-refractivity contribution in [2.75, 3.05) is 0 Å². The van der Waals surface area contributed by atoms with Gasteiger partial charge in [-0.15, -0.1) is 0 Å². The van der Waals surface area contributed by atoms with Crippen LogP contribution in [0.3, 0.4) is 0 Å². The van der Waals surface area contributed by atoms with Crippen LogP contribution in [0, 0.1) is 0 Å². The molecule has 2 nitrogen and oxygen atoms in total. The third-order valence-corrected chi connectivity index (χ3v) is 3.70. The van der Waals surface area contributed by atoms with Crippen LogP contribution in [0.5, 0.6) is 5.75 Å². The van der Waals surface area contributed by atoms with Crippen LogP contribution in [-0.4, -0.2) is 5.11 Å². The smallest absolute Gasteiger partial charge is 0.127 e. The highest BCUT2D eigenvalue weighted by Crippen LogP contribution is 2.41. The van der Waals surface area contributed by atoms with Crippen molar-refractivity contribution in [1.29, 1.82) is 0 Å². The van der Waals surface area contributed by atoms with Crippen LogP contribution < -0.4 is 4.74 Å². The Morgan fingerprint density at radius 3 is 2.67 bits per heavy atom. The number of halogens is 1. The summed E-state index contributed by atoms with van der Waals surface area (Å²) in [5.41, 5.74) is 1.96. The molecule has 1 heterocycles. The fraction of sp³-hybridized carbons (Fsp3) is 0.200. The molecule has 1 aliphatic rings. The molecule has 0 aliphatic carbocycles. The maximum atomic E-state index is 10.2. The first-order valence-electron chi connectivity index (χ1n) is 5.93. The summed E-state index contributed by atoms with van der Waals surface area (Å²) in [6.07, 6.45) is 0.0410. The molecule has 0 spiro atoms. The highest BCUT2D eigenvalue weighted by Gasteiger charge is 2.27. The van der Waals surface area contributed by atoms with E-state index in [0.29, 0.717) is 6.42 Å². The van der Waals surface area contributed by atoms with E-state index in [-0.39, 0.29) is 6.10 Å². The average molecular weight is 305 g/mol. The zero-order valence-electron chi connectivity index (χ0n) is 9.71. The van der Waals surface area contributed by atoms with Gasteiger partial charge in [-0.1, -0.05) is 46.3 Å². The number of benzene rings is 2. The molecular formula is C15H13BrO2. The van der Waals surface area contributed by atoms with Gasteiger partial charge in [-0.25, -0.2) is 0 Å². The van der Waals surface area contributed by atoms with E-state index in [1.54, 1.807) is 0 Å². The fourth-order valence-corrected chi connectivity index (χ4v) is 2.67. The third-order valence-electron chi connectivity index (χ3n) is 3.21. The molecule has 18 heavy (non-hydrogen) atoms. The summed E-state index contributed by atoms with van der Waals surface area (Å²) in [6.45, 7) is 0. The second kappa shape index (κ2) is 4.75. The van der Waals surface area contributed by atoms with Crippen LogP contribution in [0.4, 0.5) is 0 Å². The predicted molar refractivity (Wildman–Crippen MR) is 73.5 cm³/mol. The van der Waals surface area contributed by atoms with Gasteiger partial charge in [0.15, 0.2) is 0 Å². The Bertz CT molecular complexity index is 554. The molecular weight excluding hydrogens is 292 g/mol. The molecule has 92 valence electrons. The summed E-state index contributed by atoms with van der Waals surface area (Å²) in [4.78, 5) is 0. The van der Waals surface area contributed by atoms with Crippen molar-refractivity contribution in [2.24, 2.45) is 0 Å². The lowest BCUT2D eigenvalue weighted by atomic mass is 9.95. The number of aliphatic hydroxyl groups excluding tert-OH is 1. The van der Waals surface area contributed by atoms with Gasteiger partial charge in [0, 0.05) is 16.5 Å². The number of hydrogen-bond acceptors (Lipinski definition) is 2. The maximum Gasteiger partial charge on any atom is 0.127 e. The minimum atomic E-state index is -0.476. The quantitative estimate of drug-likeness (QED) is 0.862. The molecule has 0 amide bonds. The van der Waals surface area contributed by atoms with Gasteiger partial charge in [-0.3, -0.25) is 0 Å². The van der Waals surface area contributed by atoms with Crippen LogP contribution in [0.1, 0.15) is 29.8 Å². The molecule has 0 aromatic heterocycles. The van der Waals surface area contributed by atoms with E-state index in [1.165, 1.54) is 0 Å². The molecule has 3 heteroatoms. The van der Waals surface area contributed by atoms with Crippen molar-refractivity contribution in [3.63, 3.8) is 0 Å². The van der Waals surface area contributed by atoms with Crippen molar-refractivity contribution in [3.05, 3.63) is 64.1 Å². The van der Waals surface area contributed by atoms with Gasteiger partial charge in [0.2, 0.25) is 0 Å². The SMILES string of the molecule is O[C@@H]1CC(c2ccccc2)Oc2ccc(Br)cc21. The van der Waals surface area contributed by atoms with Crippen LogP contribution in [0.15, 0.2) is 53.0 Å². The molecule has 2 aromatic rings. The van der Waals surface area contributed by atoms with Crippen LogP contribution in [-0.2, 0) is 0 Å². The average Bonchev–Trinajstić information content (AvgIpc) is 2.40. The van der Waals surface area contributed by atoms with Crippen LogP contribution in [0.25, 0.3) is 0 Å². The Morgan fingerprint density at radius 2 is 1.89 bits per heavy atom. The molecule has 0 radical (unpaired) electrons. The van der Waals surface area contributed by atoms with E-state index in [9.17, 15) is 5.11 Å². The molecule has 1 aliphatic heterocycles. The zero-order valence-corrected chi connectivity index (χ0v) is 11.3. The second-order valence-electron chi connectivity index (χ2n) is 4.45. The molecule has 1 N–H and O–H groups in total. The van der Waals surface area contributed by atoms with E-state index in [1.807, 2.05) is 48.5 Å². The van der Waals surface area contributed by atoms with E-state index in [2.05, 4.69) is 15.9 Å². The minimum Gasteiger partial charge on any atom is -0.485 e. The Balaban J connectivity index is 1.95. The fourth-order valence-electron chi connectivity index (χ4n) is 2.29. The molecule has 2 atom stereocenters. The third kappa shape index (κ3) is 2.16. The van der Waals surface area contributed by atoms with Crippen molar-refractivity contribution in [1.82, 2.24) is 0 Å². The van der Waals surface area contributed by atoms with Crippen molar-refractivity contribution in [3.8, 4) is 5.75 Å². The molecule has 0 bridgehead atoms. The first-order chi connectivity index (χ1) is 8.74. The van der Waals surface area contributed by atoms with Crippen LogP contribution in [0.2, 0.25) is 0 Å². The van der Waals surface area contributed by atoms with Crippen molar-refractivity contribution >= 4 is 15.9 Å². The Labute approximate surface area is 114 Å². The summed E-state index contributed by atoms with van der Waals surface area (Å²) < 4.78 is 6.92. The number of hydrogen-bond donors (Lipinski definition) is 1. The lowest BCUT2D eigenvalue weighted by molar-refractivity contribution is 0.0657. The largest absolute Gasteiger partial charge is 0.485 e.